The highest BCUT2D eigenvalue weighted by molar-refractivity contribution is 14.0. The number of halogens is 1. The van der Waals surface area contributed by atoms with Gasteiger partial charge in [-0.2, -0.15) is 0 Å². The highest BCUT2D eigenvalue weighted by atomic mass is 127. The minimum absolute atomic E-state index is 0. The summed E-state index contributed by atoms with van der Waals surface area (Å²) in [7, 11) is 0. The van der Waals surface area contributed by atoms with E-state index in [4.69, 9.17) is 5.73 Å². The summed E-state index contributed by atoms with van der Waals surface area (Å²) in [5, 5.41) is 3.20. The summed E-state index contributed by atoms with van der Waals surface area (Å²) < 4.78 is 0. The zero-order valence-electron chi connectivity index (χ0n) is 10.5. The van der Waals surface area contributed by atoms with Crippen LogP contribution in [0.5, 0.6) is 0 Å². The zero-order valence-corrected chi connectivity index (χ0v) is 12.9. The molecule has 2 aliphatic rings. The SMILES string of the molecule is I.NC(=NCC1CCC1)NCCN1CCCC1. The molecule has 1 aliphatic heterocycles. The number of rotatable bonds is 5. The van der Waals surface area contributed by atoms with E-state index in [9.17, 15) is 0 Å². The van der Waals surface area contributed by atoms with Crippen LogP contribution in [0, 0.1) is 5.92 Å². The van der Waals surface area contributed by atoms with Crippen LogP contribution in [-0.2, 0) is 0 Å². The molecule has 0 unspecified atom stereocenters. The van der Waals surface area contributed by atoms with E-state index < -0.39 is 0 Å². The topological polar surface area (TPSA) is 53.6 Å². The fourth-order valence-corrected chi connectivity index (χ4v) is 2.31. The van der Waals surface area contributed by atoms with Gasteiger partial charge in [0.15, 0.2) is 5.96 Å². The van der Waals surface area contributed by atoms with E-state index in [1.807, 2.05) is 0 Å². The minimum atomic E-state index is 0. The molecule has 17 heavy (non-hydrogen) atoms. The second kappa shape index (κ2) is 8.13. The molecule has 1 saturated carbocycles. The van der Waals surface area contributed by atoms with E-state index in [1.54, 1.807) is 0 Å². The normalized spacial score (nSPS) is 22.0. The molecule has 1 aliphatic carbocycles. The molecule has 0 amide bonds. The first-order valence-electron chi connectivity index (χ1n) is 6.61. The van der Waals surface area contributed by atoms with Crippen molar-refractivity contribution in [2.45, 2.75) is 32.1 Å². The lowest BCUT2D eigenvalue weighted by molar-refractivity contribution is 0.325. The quantitative estimate of drug-likeness (QED) is 0.447. The third-order valence-electron chi connectivity index (χ3n) is 3.68. The van der Waals surface area contributed by atoms with Gasteiger partial charge in [-0.05, 0) is 44.7 Å². The number of nitrogens with zero attached hydrogens (tertiary/aromatic N) is 2. The molecule has 0 atom stereocenters. The van der Waals surface area contributed by atoms with Crippen molar-refractivity contribution in [3.63, 3.8) is 0 Å². The Balaban J connectivity index is 0.00000144. The predicted molar refractivity (Wildman–Crippen MR) is 82.9 cm³/mol. The first-order chi connectivity index (χ1) is 7.84. The third-order valence-corrected chi connectivity index (χ3v) is 3.68. The number of hydrogen-bond donors (Lipinski definition) is 2. The van der Waals surface area contributed by atoms with Crippen LogP contribution < -0.4 is 11.1 Å². The molecule has 5 heteroatoms. The molecule has 0 bridgehead atoms. The summed E-state index contributed by atoms with van der Waals surface area (Å²) in [5.41, 5.74) is 5.81. The summed E-state index contributed by atoms with van der Waals surface area (Å²) in [6.07, 6.45) is 6.76. The lowest BCUT2D eigenvalue weighted by Gasteiger charge is -2.23. The molecule has 4 nitrogen and oxygen atoms in total. The first kappa shape index (κ1) is 15.0. The van der Waals surface area contributed by atoms with Crippen LogP contribution >= 0.6 is 24.0 Å². The third kappa shape index (κ3) is 5.42. The maximum Gasteiger partial charge on any atom is 0.188 e. The molecule has 1 saturated heterocycles. The van der Waals surface area contributed by atoms with Gasteiger partial charge in [0, 0.05) is 19.6 Å². The van der Waals surface area contributed by atoms with E-state index in [1.165, 1.54) is 45.2 Å². The summed E-state index contributed by atoms with van der Waals surface area (Å²) in [6, 6.07) is 0. The van der Waals surface area contributed by atoms with Crippen LogP contribution in [-0.4, -0.2) is 43.6 Å². The average Bonchev–Trinajstić information content (AvgIpc) is 2.68. The highest BCUT2D eigenvalue weighted by Gasteiger charge is 2.16. The molecule has 0 spiro atoms. The van der Waals surface area contributed by atoms with Gasteiger partial charge in [-0.1, -0.05) is 6.42 Å². The van der Waals surface area contributed by atoms with Crippen LogP contribution in [0.15, 0.2) is 4.99 Å². The number of hydrogen-bond acceptors (Lipinski definition) is 2. The summed E-state index contributed by atoms with van der Waals surface area (Å²) in [6.45, 7) is 5.45. The number of aliphatic imine (C=N–C) groups is 1. The molecule has 0 aromatic rings. The number of nitrogens with two attached hydrogens (primary N) is 1. The van der Waals surface area contributed by atoms with Gasteiger partial charge in [-0.15, -0.1) is 24.0 Å². The van der Waals surface area contributed by atoms with E-state index in [0.29, 0.717) is 5.96 Å². The lowest BCUT2D eigenvalue weighted by atomic mass is 9.86. The number of likely N-dealkylation sites (tertiary alicyclic amines) is 1. The molecule has 100 valence electrons. The van der Waals surface area contributed by atoms with Crippen LogP contribution in [0.3, 0.4) is 0 Å². The minimum Gasteiger partial charge on any atom is -0.370 e. The average molecular weight is 352 g/mol. The Morgan fingerprint density at radius 1 is 1.24 bits per heavy atom. The fraction of sp³-hybridized carbons (Fsp3) is 0.917. The largest absolute Gasteiger partial charge is 0.370 e. The van der Waals surface area contributed by atoms with E-state index in [-0.39, 0.29) is 24.0 Å². The van der Waals surface area contributed by atoms with E-state index in [0.717, 1.165) is 25.6 Å². The first-order valence-corrected chi connectivity index (χ1v) is 6.61. The van der Waals surface area contributed by atoms with Crippen LogP contribution in [0.25, 0.3) is 0 Å². The molecule has 0 aromatic carbocycles. The highest BCUT2D eigenvalue weighted by Crippen LogP contribution is 2.26. The monoisotopic (exact) mass is 352 g/mol. The number of guanidine groups is 1. The predicted octanol–water partition coefficient (Wildman–Crippen LogP) is 1.40. The molecule has 0 aromatic heterocycles. The maximum atomic E-state index is 5.81. The molecular formula is C12H25IN4. The van der Waals surface area contributed by atoms with Crippen molar-refractivity contribution in [1.29, 1.82) is 0 Å². The van der Waals surface area contributed by atoms with Gasteiger partial charge in [-0.25, -0.2) is 0 Å². The molecule has 1 heterocycles. The number of nitrogens with one attached hydrogen (secondary N) is 1. The fourth-order valence-electron chi connectivity index (χ4n) is 2.31. The van der Waals surface area contributed by atoms with Crippen molar-refractivity contribution in [3.05, 3.63) is 0 Å². The maximum absolute atomic E-state index is 5.81. The van der Waals surface area contributed by atoms with Gasteiger partial charge >= 0.3 is 0 Å². The lowest BCUT2D eigenvalue weighted by Crippen LogP contribution is -2.38. The Bertz CT molecular complexity index is 235. The smallest absolute Gasteiger partial charge is 0.188 e. The zero-order chi connectivity index (χ0) is 11.2. The van der Waals surface area contributed by atoms with Gasteiger partial charge in [0.05, 0.1) is 0 Å². The van der Waals surface area contributed by atoms with Gasteiger partial charge in [-0.3, -0.25) is 4.99 Å². The van der Waals surface area contributed by atoms with Crippen LogP contribution in [0.1, 0.15) is 32.1 Å². The van der Waals surface area contributed by atoms with Gasteiger partial charge in [0.2, 0.25) is 0 Å². The van der Waals surface area contributed by atoms with Gasteiger partial charge in [0.1, 0.15) is 0 Å². The van der Waals surface area contributed by atoms with Crippen LogP contribution in [0.2, 0.25) is 0 Å². The summed E-state index contributed by atoms with van der Waals surface area (Å²) >= 11 is 0. The molecule has 0 radical (unpaired) electrons. The van der Waals surface area contributed by atoms with Crippen molar-refractivity contribution in [2.75, 3.05) is 32.7 Å². The molecular weight excluding hydrogens is 327 g/mol. The second-order valence-electron chi connectivity index (χ2n) is 5.00. The van der Waals surface area contributed by atoms with Crippen molar-refractivity contribution in [1.82, 2.24) is 10.2 Å². The molecule has 2 rings (SSSR count). The van der Waals surface area contributed by atoms with Gasteiger partial charge in [0.25, 0.3) is 0 Å². The summed E-state index contributed by atoms with van der Waals surface area (Å²) in [5.74, 6) is 1.44. The Morgan fingerprint density at radius 2 is 1.94 bits per heavy atom. The van der Waals surface area contributed by atoms with Crippen LogP contribution in [0.4, 0.5) is 0 Å². The van der Waals surface area contributed by atoms with E-state index >= 15 is 0 Å². The Hall–Kier alpha value is -0.0400. The van der Waals surface area contributed by atoms with Crippen molar-refractivity contribution in [3.8, 4) is 0 Å². The Labute approximate surface area is 121 Å². The summed E-state index contributed by atoms with van der Waals surface area (Å²) in [4.78, 5) is 6.85. The molecule has 3 N–H and O–H groups in total. The second-order valence-corrected chi connectivity index (χ2v) is 5.00. The Kier molecular flexibility index (Phi) is 7.18. The van der Waals surface area contributed by atoms with E-state index in [2.05, 4.69) is 15.2 Å². The Morgan fingerprint density at radius 3 is 2.53 bits per heavy atom. The van der Waals surface area contributed by atoms with Crippen molar-refractivity contribution in [2.24, 2.45) is 16.6 Å². The van der Waals surface area contributed by atoms with Gasteiger partial charge < -0.3 is 16.0 Å². The van der Waals surface area contributed by atoms with Crippen molar-refractivity contribution < 1.29 is 0 Å². The standard InChI is InChI=1S/C12H24N4.HI/c13-12(15-10-11-4-3-5-11)14-6-9-16-7-1-2-8-16;/h11H,1-10H2,(H3,13,14,15);1H. The van der Waals surface area contributed by atoms with Crippen molar-refractivity contribution >= 4 is 29.9 Å². The molecule has 2 fully saturated rings.